The van der Waals surface area contributed by atoms with Gasteiger partial charge in [0.15, 0.2) is 0 Å². The smallest absolute Gasteiger partial charge is 0.258 e. The summed E-state index contributed by atoms with van der Waals surface area (Å²) in [5, 5.41) is 11.3. The van der Waals surface area contributed by atoms with E-state index in [0.717, 1.165) is 18.2 Å². The van der Waals surface area contributed by atoms with Gasteiger partial charge in [-0.15, -0.1) is 0 Å². The molecule has 1 aromatic carbocycles. The lowest BCUT2D eigenvalue weighted by molar-refractivity contribution is -0.385. The van der Waals surface area contributed by atoms with Crippen LogP contribution in [0.2, 0.25) is 0 Å². The monoisotopic (exact) mass is 271 g/mol. The summed E-state index contributed by atoms with van der Waals surface area (Å²) in [4.78, 5) is 10.00. The fourth-order valence-corrected chi connectivity index (χ4v) is 1.17. The van der Waals surface area contributed by atoms with Crippen LogP contribution in [0.1, 0.15) is 12.0 Å². The Balaban J connectivity index is 3.09. The summed E-state index contributed by atoms with van der Waals surface area (Å²) in [7, 11) is 0. The third-order valence-electron chi connectivity index (χ3n) is 1.60. The molecule has 0 atom stereocenters. The number of hydrogen-bond donors (Lipinski definition) is 0. The Morgan fingerprint density at radius 1 is 1.53 bits per heavy atom. The first kappa shape index (κ1) is 11.7. The zero-order chi connectivity index (χ0) is 11.3. The number of nitro groups is 1. The minimum absolute atomic E-state index is 0.112. The van der Waals surface area contributed by atoms with Crippen molar-refractivity contribution in [3.8, 4) is 11.8 Å². The van der Waals surface area contributed by atoms with Crippen molar-refractivity contribution < 1.29 is 9.31 Å². The predicted molar refractivity (Wildman–Crippen MR) is 58.3 cm³/mol. The summed E-state index contributed by atoms with van der Waals surface area (Å²) in [6.45, 7) is 0. The maximum Gasteiger partial charge on any atom is 0.285 e. The molecule has 1 rings (SSSR count). The minimum Gasteiger partial charge on any atom is -0.258 e. The lowest BCUT2D eigenvalue weighted by atomic mass is 10.2. The molecule has 0 aromatic heterocycles. The van der Waals surface area contributed by atoms with E-state index < -0.39 is 10.7 Å². The lowest BCUT2D eigenvalue weighted by Gasteiger charge is -1.94. The number of nitro benzene ring substituents is 1. The third-order valence-corrected chi connectivity index (χ3v) is 1.99. The molecule has 0 aliphatic carbocycles. The van der Waals surface area contributed by atoms with Gasteiger partial charge in [0, 0.05) is 17.8 Å². The molecule has 5 heteroatoms. The van der Waals surface area contributed by atoms with Gasteiger partial charge in [-0.2, -0.15) is 0 Å². The molecule has 3 nitrogen and oxygen atoms in total. The highest BCUT2D eigenvalue weighted by Gasteiger charge is 2.11. The average Bonchev–Trinajstić information content (AvgIpc) is 2.18. The fraction of sp³-hybridized carbons (Fsp3) is 0.200. The largest absolute Gasteiger partial charge is 0.285 e. The third kappa shape index (κ3) is 3.33. The summed E-state index contributed by atoms with van der Waals surface area (Å²) in [6.07, 6.45) is 0.563. The Hall–Kier alpha value is -1.41. The van der Waals surface area contributed by atoms with Gasteiger partial charge < -0.3 is 0 Å². The topological polar surface area (TPSA) is 43.1 Å². The highest BCUT2D eigenvalue weighted by Crippen LogP contribution is 2.18. The molecule has 1 aromatic rings. The molecular weight excluding hydrogens is 265 g/mol. The van der Waals surface area contributed by atoms with Gasteiger partial charge in [0.05, 0.1) is 4.92 Å². The molecule has 0 unspecified atom stereocenters. The van der Waals surface area contributed by atoms with Crippen molar-refractivity contribution in [2.24, 2.45) is 0 Å². The standard InChI is InChI=1S/C10H7BrFNO2/c11-6-2-1-3-8-7-9(12)4-5-10(8)13(14)15/h4-5,7H,2,6H2. The summed E-state index contributed by atoms with van der Waals surface area (Å²) in [6, 6.07) is 3.24. The molecule has 0 aliphatic heterocycles. The highest BCUT2D eigenvalue weighted by atomic mass is 79.9. The van der Waals surface area contributed by atoms with Gasteiger partial charge >= 0.3 is 0 Å². The maximum absolute atomic E-state index is 12.8. The first-order valence-corrected chi connectivity index (χ1v) is 5.26. The average molecular weight is 272 g/mol. The fourth-order valence-electron chi connectivity index (χ4n) is 0.973. The van der Waals surface area contributed by atoms with Crippen LogP contribution in [0.15, 0.2) is 18.2 Å². The Morgan fingerprint density at radius 2 is 2.27 bits per heavy atom. The second-order valence-electron chi connectivity index (χ2n) is 2.66. The molecule has 15 heavy (non-hydrogen) atoms. The van der Waals surface area contributed by atoms with Crippen LogP contribution in [0.3, 0.4) is 0 Å². The molecule has 78 valence electrons. The number of benzene rings is 1. The van der Waals surface area contributed by atoms with Gasteiger partial charge in [0.2, 0.25) is 0 Å². The van der Waals surface area contributed by atoms with Crippen molar-refractivity contribution in [1.29, 1.82) is 0 Å². The van der Waals surface area contributed by atoms with Gasteiger partial charge in [-0.3, -0.25) is 10.1 Å². The van der Waals surface area contributed by atoms with Crippen LogP contribution in [-0.4, -0.2) is 10.3 Å². The molecule has 0 fully saturated rings. The van der Waals surface area contributed by atoms with E-state index in [4.69, 9.17) is 0 Å². The Morgan fingerprint density at radius 3 is 2.87 bits per heavy atom. The molecule has 0 saturated carbocycles. The van der Waals surface area contributed by atoms with E-state index >= 15 is 0 Å². The summed E-state index contributed by atoms with van der Waals surface area (Å²) in [5.41, 5.74) is -0.0561. The highest BCUT2D eigenvalue weighted by molar-refractivity contribution is 9.09. The number of rotatable bonds is 2. The second kappa shape index (κ2) is 5.47. The number of alkyl halides is 1. The van der Waals surface area contributed by atoms with Crippen LogP contribution in [0.4, 0.5) is 10.1 Å². The molecule has 0 radical (unpaired) electrons. The van der Waals surface area contributed by atoms with Gasteiger partial charge in [0.25, 0.3) is 5.69 Å². The molecule has 0 N–H and O–H groups in total. The van der Waals surface area contributed by atoms with Crippen LogP contribution in [0.5, 0.6) is 0 Å². The van der Waals surface area contributed by atoms with Crippen LogP contribution in [-0.2, 0) is 0 Å². The van der Waals surface area contributed by atoms with Crippen LogP contribution < -0.4 is 0 Å². The van der Waals surface area contributed by atoms with E-state index in [1.165, 1.54) is 0 Å². The molecule has 0 aliphatic rings. The van der Waals surface area contributed by atoms with Crippen molar-refractivity contribution in [3.05, 3.63) is 39.7 Å². The van der Waals surface area contributed by atoms with Crippen molar-refractivity contribution >= 4 is 21.6 Å². The summed E-state index contributed by atoms with van der Waals surface area (Å²) >= 11 is 3.17. The van der Waals surface area contributed by atoms with Gasteiger partial charge in [0.1, 0.15) is 11.4 Å². The second-order valence-corrected chi connectivity index (χ2v) is 3.45. The molecular formula is C10H7BrFNO2. The van der Waals surface area contributed by atoms with Crippen LogP contribution >= 0.6 is 15.9 Å². The Kier molecular flexibility index (Phi) is 4.25. The molecule has 0 saturated heterocycles. The van der Waals surface area contributed by atoms with Gasteiger partial charge in [-0.05, 0) is 12.1 Å². The van der Waals surface area contributed by atoms with E-state index in [1.807, 2.05) is 0 Å². The van der Waals surface area contributed by atoms with Gasteiger partial charge in [-0.1, -0.05) is 27.8 Å². The van der Waals surface area contributed by atoms with E-state index in [2.05, 4.69) is 27.8 Å². The lowest BCUT2D eigenvalue weighted by Crippen LogP contribution is -1.92. The van der Waals surface area contributed by atoms with Crippen LogP contribution in [0.25, 0.3) is 0 Å². The number of halogens is 2. The van der Waals surface area contributed by atoms with E-state index in [9.17, 15) is 14.5 Å². The van der Waals surface area contributed by atoms with Crippen molar-refractivity contribution in [1.82, 2.24) is 0 Å². The first-order chi connectivity index (χ1) is 7.15. The van der Waals surface area contributed by atoms with Crippen molar-refractivity contribution in [2.45, 2.75) is 6.42 Å². The molecule has 0 spiro atoms. The predicted octanol–water partition coefficient (Wildman–Crippen LogP) is 2.87. The van der Waals surface area contributed by atoms with Crippen molar-refractivity contribution in [2.75, 3.05) is 5.33 Å². The zero-order valence-electron chi connectivity index (χ0n) is 7.67. The summed E-state index contributed by atoms with van der Waals surface area (Å²) < 4.78 is 12.8. The minimum atomic E-state index is -0.572. The zero-order valence-corrected chi connectivity index (χ0v) is 9.25. The van der Waals surface area contributed by atoms with E-state index in [-0.39, 0.29) is 11.3 Å². The summed E-state index contributed by atoms with van der Waals surface area (Å²) in [5.74, 6) is 4.76. The Bertz CT molecular complexity index is 437. The quantitative estimate of drug-likeness (QED) is 0.359. The maximum atomic E-state index is 12.8. The number of hydrogen-bond acceptors (Lipinski definition) is 2. The molecule has 0 amide bonds. The Labute approximate surface area is 94.6 Å². The first-order valence-electron chi connectivity index (χ1n) is 4.14. The van der Waals surface area contributed by atoms with E-state index in [0.29, 0.717) is 11.8 Å². The SMILES string of the molecule is O=[N+]([O-])c1ccc(F)cc1C#CCCBr. The van der Waals surface area contributed by atoms with E-state index in [1.54, 1.807) is 0 Å². The normalized spacial score (nSPS) is 9.20. The van der Waals surface area contributed by atoms with Crippen molar-refractivity contribution in [3.63, 3.8) is 0 Å². The molecule has 0 heterocycles. The van der Waals surface area contributed by atoms with Gasteiger partial charge in [-0.25, -0.2) is 4.39 Å². The number of nitrogens with zero attached hydrogens (tertiary/aromatic N) is 1. The molecule has 0 bridgehead atoms. The van der Waals surface area contributed by atoms with Crippen LogP contribution in [0, 0.1) is 27.8 Å².